The molecule has 0 aromatic heterocycles. The third-order valence-electron chi connectivity index (χ3n) is 5.96. The van der Waals surface area contributed by atoms with E-state index in [0.29, 0.717) is 25.2 Å². The Labute approximate surface area is 219 Å². The highest BCUT2D eigenvalue weighted by Crippen LogP contribution is 2.19. The van der Waals surface area contributed by atoms with Gasteiger partial charge in [-0.3, -0.25) is 4.79 Å². The standard InChI is InChI=1S/C27H47N3O3S2/c1-4-7-8-9-10-11-12-13-14-15-16-17-26(31)29-27(34)28-24-18-20-25(21-19-24)35(32,33)30(22-5-2)23-6-3/h18-21H,4-17,22-23H2,1-3H3,(H2,28,29,31,34). The molecule has 1 rings (SSSR count). The predicted octanol–water partition coefficient (Wildman–Crippen LogP) is 7.01. The van der Waals surface area contributed by atoms with Crippen LogP contribution in [-0.2, 0) is 14.8 Å². The SMILES string of the molecule is CCCCCCCCCCCCCC(=O)NC(=S)Nc1ccc(S(=O)(=O)N(CCC)CCC)cc1. The largest absolute Gasteiger partial charge is 0.332 e. The van der Waals surface area contributed by atoms with Gasteiger partial charge >= 0.3 is 0 Å². The minimum Gasteiger partial charge on any atom is -0.332 e. The summed E-state index contributed by atoms with van der Waals surface area (Å²) in [4.78, 5) is 12.4. The van der Waals surface area contributed by atoms with Crippen LogP contribution in [0.1, 0.15) is 111 Å². The fraction of sp³-hybridized carbons (Fsp3) is 0.704. The van der Waals surface area contributed by atoms with Crippen molar-refractivity contribution in [2.24, 2.45) is 0 Å². The minimum atomic E-state index is -3.51. The molecule has 0 unspecified atom stereocenters. The zero-order valence-electron chi connectivity index (χ0n) is 22.1. The number of carbonyl (C=O) groups is 1. The zero-order valence-corrected chi connectivity index (χ0v) is 23.7. The lowest BCUT2D eigenvalue weighted by Gasteiger charge is -2.21. The molecule has 0 aliphatic heterocycles. The smallest absolute Gasteiger partial charge is 0.243 e. The van der Waals surface area contributed by atoms with E-state index in [0.717, 1.165) is 25.7 Å². The van der Waals surface area contributed by atoms with E-state index in [2.05, 4.69) is 17.6 Å². The fourth-order valence-electron chi connectivity index (χ4n) is 4.01. The van der Waals surface area contributed by atoms with E-state index in [1.807, 2.05) is 13.8 Å². The second-order valence-electron chi connectivity index (χ2n) is 9.22. The van der Waals surface area contributed by atoms with Crippen LogP contribution in [0.15, 0.2) is 29.2 Å². The monoisotopic (exact) mass is 525 g/mol. The Morgan fingerprint density at radius 2 is 1.26 bits per heavy atom. The van der Waals surface area contributed by atoms with E-state index >= 15 is 0 Å². The number of amides is 1. The Morgan fingerprint density at radius 1 is 0.771 bits per heavy atom. The first kappa shape index (κ1) is 31.5. The van der Waals surface area contributed by atoms with Gasteiger partial charge in [0.05, 0.1) is 4.90 Å². The van der Waals surface area contributed by atoms with Crippen LogP contribution in [0.5, 0.6) is 0 Å². The summed E-state index contributed by atoms with van der Waals surface area (Å²) >= 11 is 5.25. The van der Waals surface area contributed by atoms with Gasteiger partial charge in [0, 0.05) is 25.2 Å². The third-order valence-corrected chi connectivity index (χ3v) is 8.07. The van der Waals surface area contributed by atoms with Crippen LogP contribution in [0.2, 0.25) is 0 Å². The quantitative estimate of drug-likeness (QED) is 0.150. The summed E-state index contributed by atoms with van der Waals surface area (Å²) in [7, 11) is -3.51. The van der Waals surface area contributed by atoms with Crippen molar-refractivity contribution in [3.63, 3.8) is 0 Å². The molecule has 1 aromatic carbocycles. The van der Waals surface area contributed by atoms with Gasteiger partial charge < -0.3 is 10.6 Å². The van der Waals surface area contributed by atoms with Crippen molar-refractivity contribution in [1.82, 2.24) is 9.62 Å². The molecule has 8 heteroatoms. The number of hydrogen-bond acceptors (Lipinski definition) is 4. The maximum atomic E-state index is 12.9. The first-order valence-electron chi connectivity index (χ1n) is 13.6. The fourth-order valence-corrected chi connectivity index (χ4v) is 5.87. The van der Waals surface area contributed by atoms with Crippen molar-refractivity contribution < 1.29 is 13.2 Å². The molecule has 0 fully saturated rings. The summed E-state index contributed by atoms with van der Waals surface area (Å²) in [6, 6.07) is 6.49. The maximum absolute atomic E-state index is 12.9. The van der Waals surface area contributed by atoms with Crippen molar-refractivity contribution in [1.29, 1.82) is 0 Å². The van der Waals surface area contributed by atoms with Crippen molar-refractivity contribution in [2.45, 2.75) is 116 Å². The molecule has 0 saturated heterocycles. The summed E-state index contributed by atoms with van der Waals surface area (Å²) in [6.45, 7) is 7.20. The average molecular weight is 526 g/mol. The van der Waals surface area contributed by atoms with Gasteiger partial charge in [0.15, 0.2) is 5.11 Å². The Kier molecular flexibility index (Phi) is 16.9. The molecule has 35 heavy (non-hydrogen) atoms. The molecule has 0 aliphatic carbocycles. The van der Waals surface area contributed by atoms with Crippen LogP contribution in [0.4, 0.5) is 5.69 Å². The molecule has 1 amide bonds. The van der Waals surface area contributed by atoms with Gasteiger partial charge in [0.2, 0.25) is 15.9 Å². The number of carbonyl (C=O) groups excluding carboxylic acids is 1. The number of benzene rings is 1. The summed E-state index contributed by atoms with van der Waals surface area (Å²) in [5.41, 5.74) is 0.640. The van der Waals surface area contributed by atoms with Crippen molar-refractivity contribution in [3.8, 4) is 0 Å². The molecular weight excluding hydrogens is 478 g/mol. The molecule has 6 nitrogen and oxygen atoms in total. The summed E-state index contributed by atoms with van der Waals surface area (Å²) in [5.74, 6) is -0.0904. The van der Waals surface area contributed by atoms with Gasteiger partial charge in [-0.1, -0.05) is 85.0 Å². The van der Waals surface area contributed by atoms with Gasteiger partial charge in [-0.15, -0.1) is 0 Å². The lowest BCUT2D eigenvalue weighted by Crippen LogP contribution is -2.34. The molecule has 0 heterocycles. The number of rotatable bonds is 19. The van der Waals surface area contributed by atoms with Crippen LogP contribution in [0.3, 0.4) is 0 Å². The lowest BCUT2D eigenvalue weighted by atomic mass is 10.1. The molecule has 0 bridgehead atoms. The van der Waals surface area contributed by atoms with Crippen LogP contribution in [0.25, 0.3) is 0 Å². The van der Waals surface area contributed by atoms with Gasteiger partial charge in [0.1, 0.15) is 0 Å². The molecule has 1 aromatic rings. The predicted molar refractivity (Wildman–Crippen MR) is 151 cm³/mol. The molecule has 0 aliphatic rings. The number of anilines is 1. The van der Waals surface area contributed by atoms with Gasteiger partial charge in [-0.05, 0) is 55.7 Å². The van der Waals surface area contributed by atoms with E-state index in [4.69, 9.17) is 12.2 Å². The topological polar surface area (TPSA) is 78.5 Å². The Hall–Kier alpha value is -1.51. The van der Waals surface area contributed by atoms with Crippen LogP contribution in [0, 0.1) is 0 Å². The molecule has 0 atom stereocenters. The van der Waals surface area contributed by atoms with Gasteiger partial charge in [-0.2, -0.15) is 4.31 Å². The van der Waals surface area contributed by atoms with E-state index in [1.54, 1.807) is 24.3 Å². The van der Waals surface area contributed by atoms with Crippen molar-refractivity contribution in [2.75, 3.05) is 18.4 Å². The second kappa shape index (κ2) is 18.7. The molecule has 0 radical (unpaired) electrons. The first-order chi connectivity index (χ1) is 16.8. The first-order valence-corrected chi connectivity index (χ1v) is 15.4. The Bertz CT molecular complexity index is 821. The van der Waals surface area contributed by atoms with Crippen LogP contribution >= 0.6 is 12.2 Å². The summed E-state index contributed by atoms with van der Waals surface area (Å²) < 4.78 is 27.2. The highest BCUT2D eigenvalue weighted by atomic mass is 32.2. The summed E-state index contributed by atoms with van der Waals surface area (Å²) in [5, 5.41) is 5.91. The Balaban J connectivity index is 2.29. The van der Waals surface area contributed by atoms with Crippen LogP contribution in [-0.4, -0.2) is 36.8 Å². The third kappa shape index (κ3) is 13.4. The number of sulfonamides is 1. The van der Waals surface area contributed by atoms with Crippen molar-refractivity contribution in [3.05, 3.63) is 24.3 Å². The lowest BCUT2D eigenvalue weighted by molar-refractivity contribution is -0.119. The molecule has 0 saturated carbocycles. The van der Waals surface area contributed by atoms with E-state index in [9.17, 15) is 13.2 Å². The molecule has 200 valence electrons. The highest BCUT2D eigenvalue weighted by molar-refractivity contribution is 7.89. The number of nitrogens with zero attached hydrogens (tertiary/aromatic N) is 1. The maximum Gasteiger partial charge on any atom is 0.243 e. The average Bonchev–Trinajstić information content (AvgIpc) is 2.82. The summed E-state index contributed by atoms with van der Waals surface area (Å²) in [6.07, 6.45) is 15.7. The number of hydrogen-bond donors (Lipinski definition) is 2. The minimum absolute atomic E-state index is 0.0904. The van der Waals surface area contributed by atoms with E-state index in [1.165, 1.54) is 62.1 Å². The molecule has 0 spiro atoms. The normalized spacial score (nSPS) is 11.5. The van der Waals surface area contributed by atoms with Crippen molar-refractivity contribution >= 4 is 38.9 Å². The Morgan fingerprint density at radius 3 is 1.74 bits per heavy atom. The number of unbranched alkanes of at least 4 members (excludes halogenated alkanes) is 10. The van der Waals surface area contributed by atoms with Crippen LogP contribution < -0.4 is 10.6 Å². The molecular formula is C27H47N3O3S2. The highest BCUT2D eigenvalue weighted by Gasteiger charge is 2.22. The van der Waals surface area contributed by atoms with Gasteiger partial charge in [0.25, 0.3) is 0 Å². The van der Waals surface area contributed by atoms with E-state index in [-0.39, 0.29) is 15.9 Å². The van der Waals surface area contributed by atoms with Gasteiger partial charge in [-0.25, -0.2) is 8.42 Å². The number of nitrogens with one attached hydrogen (secondary N) is 2. The number of thiocarbonyl (C=S) groups is 1. The zero-order chi connectivity index (χ0) is 25.9. The van der Waals surface area contributed by atoms with E-state index < -0.39 is 10.0 Å². The molecule has 2 N–H and O–H groups in total. The second-order valence-corrected chi connectivity index (χ2v) is 11.6.